The van der Waals surface area contributed by atoms with E-state index < -0.39 is 11.9 Å². The molecule has 1 amide bonds. The molecule has 142 valence electrons. The zero-order valence-corrected chi connectivity index (χ0v) is 15.3. The molecule has 0 unspecified atom stereocenters. The van der Waals surface area contributed by atoms with Crippen molar-refractivity contribution >= 4 is 11.6 Å². The van der Waals surface area contributed by atoms with Gasteiger partial charge in [0.25, 0.3) is 5.91 Å². The molecule has 1 saturated heterocycles. The number of nitrogens with one attached hydrogen (secondary N) is 1. The minimum Gasteiger partial charge on any atom is -0.336 e. The molecule has 1 fully saturated rings. The highest BCUT2D eigenvalue weighted by Gasteiger charge is 2.31. The average Bonchev–Trinajstić information content (AvgIpc) is 3.22. The van der Waals surface area contributed by atoms with Gasteiger partial charge in [-0.2, -0.15) is 9.49 Å². The molecule has 0 radical (unpaired) electrons. The number of imidazole rings is 1. The summed E-state index contributed by atoms with van der Waals surface area (Å²) in [5.41, 5.74) is 0.826. The molecule has 9 heteroatoms. The molecule has 0 saturated carbocycles. The van der Waals surface area contributed by atoms with E-state index in [1.165, 1.54) is 4.40 Å². The van der Waals surface area contributed by atoms with Gasteiger partial charge < -0.3 is 4.90 Å². The maximum Gasteiger partial charge on any atom is 0.343 e. The molecule has 1 N–H and O–H groups in total. The van der Waals surface area contributed by atoms with Crippen LogP contribution >= 0.6 is 0 Å². The smallest absolute Gasteiger partial charge is 0.336 e. The van der Waals surface area contributed by atoms with Crippen LogP contribution in [0, 0.1) is 12.9 Å². The molecule has 4 rings (SSSR count). The van der Waals surface area contributed by atoms with Crippen molar-refractivity contribution in [2.75, 3.05) is 13.1 Å². The first-order valence-electron chi connectivity index (χ1n) is 9.08. The molecule has 4 heterocycles. The molecule has 1 aliphatic rings. The lowest BCUT2D eigenvalue weighted by Gasteiger charge is -2.31. The van der Waals surface area contributed by atoms with Crippen molar-refractivity contribution in [2.45, 2.75) is 39.2 Å². The summed E-state index contributed by atoms with van der Waals surface area (Å²) in [5.74, 6) is -0.498. The Hall–Kier alpha value is -2.97. The van der Waals surface area contributed by atoms with Gasteiger partial charge in [0.05, 0.1) is 0 Å². The Kier molecular flexibility index (Phi) is 4.29. The fraction of sp³-hybridized carbons (Fsp3) is 0.444. The van der Waals surface area contributed by atoms with Crippen molar-refractivity contribution in [3.8, 4) is 0 Å². The van der Waals surface area contributed by atoms with E-state index in [1.54, 1.807) is 21.7 Å². The topological polar surface area (TPSA) is 88.3 Å². The number of piperidine rings is 1. The number of aromatic amines is 1. The highest BCUT2D eigenvalue weighted by molar-refractivity contribution is 5.93. The molecule has 0 aliphatic carbocycles. The predicted octanol–water partition coefficient (Wildman–Crippen LogP) is 1.71. The van der Waals surface area contributed by atoms with Crippen LogP contribution in [0.2, 0.25) is 0 Å². The summed E-state index contributed by atoms with van der Waals surface area (Å²) in [6.45, 7) is 5.13. The van der Waals surface area contributed by atoms with Crippen molar-refractivity contribution < 1.29 is 9.18 Å². The Bertz CT molecular complexity index is 1070. The third-order valence-electron chi connectivity index (χ3n) is 5.17. The molecule has 27 heavy (non-hydrogen) atoms. The van der Waals surface area contributed by atoms with Gasteiger partial charge in [-0.25, -0.2) is 14.9 Å². The summed E-state index contributed by atoms with van der Waals surface area (Å²) in [4.78, 5) is 30.6. The van der Waals surface area contributed by atoms with Crippen LogP contribution in [-0.2, 0) is 6.54 Å². The number of aryl methyl sites for hydroxylation is 1. The Morgan fingerprint density at radius 3 is 3.00 bits per heavy atom. The Balaban J connectivity index is 1.64. The van der Waals surface area contributed by atoms with Crippen LogP contribution in [0.5, 0.6) is 0 Å². The predicted molar refractivity (Wildman–Crippen MR) is 96.3 cm³/mol. The molecule has 3 aromatic rings. The summed E-state index contributed by atoms with van der Waals surface area (Å²) in [5, 5.41) is 6.61. The summed E-state index contributed by atoms with van der Waals surface area (Å²) in [7, 11) is 0. The third-order valence-corrected chi connectivity index (χ3v) is 5.17. The number of hydrogen-bond acceptors (Lipinski definition) is 4. The highest BCUT2D eigenvalue weighted by atomic mass is 19.1. The molecule has 0 bridgehead atoms. The van der Waals surface area contributed by atoms with Crippen LogP contribution in [0.25, 0.3) is 5.65 Å². The maximum atomic E-state index is 14.7. The second-order valence-corrected chi connectivity index (χ2v) is 6.86. The van der Waals surface area contributed by atoms with Gasteiger partial charge in [-0.15, -0.1) is 0 Å². The zero-order chi connectivity index (χ0) is 19.1. The number of carbonyl (C=O) groups excluding carboxylic acids is 1. The summed E-state index contributed by atoms with van der Waals surface area (Å²) < 4.78 is 17.6. The number of fused-ring (bicyclic) bond motifs is 1. The van der Waals surface area contributed by atoms with Gasteiger partial charge >= 0.3 is 5.69 Å². The van der Waals surface area contributed by atoms with Crippen molar-refractivity contribution in [2.24, 2.45) is 0 Å². The van der Waals surface area contributed by atoms with Crippen LogP contribution in [0.4, 0.5) is 4.39 Å². The van der Waals surface area contributed by atoms with E-state index in [9.17, 15) is 14.0 Å². The molecular weight excluding hydrogens is 351 g/mol. The van der Waals surface area contributed by atoms with Gasteiger partial charge in [-0.1, -0.05) is 6.07 Å². The molecule has 1 atom stereocenters. The second kappa shape index (κ2) is 6.64. The first-order valence-corrected chi connectivity index (χ1v) is 9.08. The number of H-pyrrole nitrogens is 1. The molecular formula is C18H21FN6O2. The minimum atomic E-state index is -0.647. The van der Waals surface area contributed by atoms with Gasteiger partial charge in [-0.05, 0) is 38.3 Å². The maximum absolute atomic E-state index is 14.7. The quantitative estimate of drug-likeness (QED) is 0.758. The van der Waals surface area contributed by atoms with Crippen LogP contribution in [-0.4, -0.2) is 48.0 Å². The molecule has 0 aromatic carbocycles. The number of amides is 1. The molecule has 0 spiro atoms. The van der Waals surface area contributed by atoms with Crippen molar-refractivity contribution in [1.82, 2.24) is 29.0 Å². The third kappa shape index (κ3) is 2.83. The summed E-state index contributed by atoms with van der Waals surface area (Å²) in [6, 6.07) is 3.55. The summed E-state index contributed by atoms with van der Waals surface area (Å²) in [6.07, 6.45) is 3.14. The van der Waals surface area contributed by atoms with E-state index >= 15 is 0 Å². The van der Waals surface area contributed by atoms with Crippen molar-refractivity contribution in [1.29, 1.82) is 0 Å². The van der Waals surface area contributed by atoms with Crippen LogP contribution < -0.4 is 5.69 Å². The fourth-order valence-corrected chi connectivity index (χ4v) is 3.78. The number of pyridine rings is 1. The lowest BCUT2D eigenvalue weighted by molar-refractivity contribution is 0.0692. The van der Waals surface area contributed by atoms with E-state index in [-0.39, 0.29) is 17.3 Å². The summed E-state index contributed by atoms with van der Waals surface area (Å²) >= 11 is 0. The number of nitrogens with zero attached hydrogens (tertiary/aromatic N) is 5. The van der Waals surface area contributed by atoms with Gasteiger partial charge in [0, 0.05) is 31.7 Å². The van der Waals surface area contributed by atoms with Crippen molar-refractivity contribution in [3.63, 3.8) is 0 Å². The van der Waals surface area contributed by atoms with Crippen LogP contribution in [0.1, 0.15) is 47.6 Å². The SMILES string of the molecule is CCn1c([C@H]2CCCN(C(=O)c3nc4c(C)cccn4c3F)C2)n[nH]c1=O. The Labute approximate surface area is 154 Å². The minimum absolute atomic E-state index is 0.0663. The van der Waals surface area contributed by atoms with E-state index in [0.717, 1.165) is 18.4 Å². The fourth-order valence-electron chi connectivity index (χ4n) is 3.78. The second-order valence-electron chi connectivity index (χ2n) is 6.86. The van der Waals surface area contributed by atoms with Gasteiger partial charge in [0.1, 0.15) is 11.5 Å². The number of halogens is 1. The van der Waals surface area contributed by atoms with E-state index in [1.807, 2.05) is 19.9 Å². The highest BCUT2D eigenvalue weighted by Crippen LogP contribution is 2.26. The van der Waals surface area contributed by atoms with Crippen LogP contribution in [0.15, 0.2) is 23.1 Å². The van der Waals surface area contributed by atoms with Gasteiger partial charge in [0.2, 0.25) is 5.95 Å². The average molecular weight is 372 g/mol. The molecule has 3 aromatic heterocycles. The first-order chi connectivity index (χ1) is 13.0. The zero-order valence-electron chi connectivity index (χ0n) is 15.3. The number of hydrogen-bond donors (Lipinski definition) is 1. The number of carbonyl (C=O) groups is 1. The van der Waals surface area contributed by atoms with E-state index in [4.69, 9.17) is 0 Å². The molecule has 1 aliphatic heterocycles. The largest absolute Gasteiger partial charge is 0.343 e. The van der Waals surface area contributed by atoms with E-state index in [0.29, 0.717) is 31.1 Å². The van der Waals surface area contributed by atoms with Crippen molar-refractivity contribution in [3.05, 3.63) is 51.8 Å². The Morgan fingerprint density at radius 2 is 2.26 bits per heavy atom. The van der Waals surface area contributed by atoms with Gasteiger partial charge in [-0.3, -0.25) is 13.8 Å². The lowest BCUT2D eigenvalue weighted by atomic mass is 9.97. The number of aromatic nitrogens is 5. The van der Waals surface area contributed by atoms with Gasteiger partial charge in [0.15, 0.2) is 5.69 Å². The molecule has 8 nitrogen and oxygen atoms in total. The van der Waals surface area contributed by atoms with Crippen LogP contribution in [0.3, 0.4) is 0 Å². The first kappa shape index (κ1) is 17.4. The standard InChI is InChI=1S/C18H21FN6O2/c1-3-24-16(21-22-18(24)27)12-7-5-8-23(10-12)17(26)13-14(19)25-9-4-6-11(2)15(25)20-13/h4,6,9,12H,3,5,7-8,10H2,1-2H3,(H,22,27)/t12-/m0/s1. The number of likely N-dealkylation sites (tertiary alicyclic amines) is 1. The Morgan fingerprint density at radius 1 is 1.44 bits per heavy atom. The lowest BCUT2D eigenvalue weighted by Crippen LogP contribution is -2.40. The van der Waals surface area contributed by atoms with E-state index in [2.05, 4.69) is 15.2 Å². The monoisotopic (exact) mass is 372 g/mol. The number of rotatable bonds is 3. The normalized spacial score (nSPS) is 17.6.